The van der Waals surface area contributed by atoms with E-state index in [0.29, 0.717) is 5.88 Å². The van der Waals surface area contributed by atoms with Crippen LogP contribution < -0.4 is 10.1 Å². The summed E-state index contributed by atoms with van der Waals surface area (Å²) < 4.78 is 32.0. The van der Waals surface area contributed by atoms with Crippen LogP contribution >= 0.6 is 0 Å². The number of benzene rings is 1. The van der Waals surface area contributed by atoms with E-state index in [0.717, 1.165) is 24.2 Å². The Morgan fingerprint density at radius 3 is 2.80 bits per heavy atom. The van der Waals surface area contributed by atoms with Crippen molar-refractivity contribution in [2.24, 2.45) is 0 Å². The van der Waals surface area contributed by atoms with Crippen LogP contribution in [0.3, 0.4) is 0 Å². The smallest absolute Gasteiger partial charge is 0.224 e. The Balaban J connectivity index is 2.29. The van der Waals surface area contributed by atoms with Crippen molar-refractivity contribution in [1.82, 2.24) is 10.3 Å². The van der Waals surface area contributed by atoms with E-state index in [2.05, 4.69) is 10.3 Å². The molecule has 0 spiro atoms. The minimum Gasteiger partial charge on any atom is -0.436 e. The average molecular weight is 278 g/mol. The van der Waals surface area contributed by atoms with E-state index < -0.39 is 11.6 Å². The van der Waals surface area contributed by atoms with Gasteiger partial charge in [0.05, 0.1) is 0 Å². The maximum Gasteiger partial charge on any atom is 0.224 e. The molecule has 20 heavy (non-hydrogen) atoms. The van der Waals surface area contributed by atoms with Gasteiger partial charge in [0.15, 0.2) is 11.6 Å². The maximum atomic E-state index is 13.6. The molecule has 0 saturated heterocycles. The molecule has 3 nitrogen and oxygen atoms in total. The summed E-state index contributed by atoms with van der Waals surface area (Å²) in [6, 6.07) is 6.85. The van der Waals surface area contributed by atoms with Crippen LogP contribution in [0.25, 0.3) is 0 Å². The molecule has 0 saturated carbocycles. The zero-order valence-electron chi connectivity index (χ0n) is 11.4. The van der Waals surface area contributed by atoms with E-state index in [1.807, 2.05) is 19.9 Å². The number of rotatable bonds is 5. The van der Waals surface area contributed by atoms with Crippen molar-refractivity contribution in [2.75, 3.05) is 6.54 Å². The molecule has 0 aliphatic heterocycles. The van der Waals surface area contributed by atoms with E-state index in [1.165, 1.54) is 6.07 Å². The highest BCUT2D eigenvalue weighted by atomic mass is 19.1. The Hall–Kier alpha value is -2.01. The van der Waals surface area contributed by atoms with Crippen molar-refractivity contribution in [2.45, 2.75) is 19.9 Å². The van der Waals surface area contributed by atoms with E-state index in [-0.39, 0.29) is 11.8 Å². The van der Waals surface area contributed by atoms with Crippen LogP contribution in [-0.4, -0.2) is 11.5 Å². The summed E-state index contributed by atoms with van der Waals surface area (Å²) in [5.41, 5.74) is 0.818. The zero-order valence-corrected chi connectivity index (χ0v) is 11.4. The zero-order chi connectivity index (χ0) is 14.5. The first-order valence-electron chi connectivity index (χ1n) is 6.43. The number of nitrogens with zero attached hydrogens (tertiary/aromatic N) is 1. The quantitative estimate of drug-likeness (QED) is 0.902. The van der Waals surface area contributed by atoms with Crippen molar-refractivity contribution >= 4 is 0 Å². The van der Waals surface area contributed by atoms with Crippen LogP contribution in [0, 0.1) is 11.6 Å². The van der Waals surface area contributed by atoms with Crippen LogP contribution in [0.4, 0.5) is 8.78 Å². The van der Waals surface area contributed by atoms with Gasteiger partial charge >= 0.3 is 0 Å². The van der Waals surface area contributed by atoms with Crippen molar-refractivity contribution in [3.05, 3.63) is 53.7 Å². The second-order valence-electron chi connectivity index (χ2n) is 4.35. The summed E-state index contributed by atoms with van der Waals surface area (Å²) in [4.78, 5) is 4.12. The number of hydrogen-bond acceptors (Lipinski definition) is 3. The molecule has 1 heterocycles. The Morgan fingerprint density at radius 2 is 2.10 bits per heavy atom. The summed E-state index contributed by atoms with van der Waals surface area (Å²) in [5, 5.41) is 3.24. The van der Waals surface area contributed by atoms with Crippen LogP contribution in [0.15, 0.2) is 36.5 Å². The maximum absolute atomic E-state index is 13.6. The lowest BCUT2D eigenvalue weighted by Gasteiger charge is -2.16. The van der Waals surface area contributed by atoms with Gasteiger partial charge in [-0.1, -0.05) is 13.0 Å². The van der Waals surface area contributed by atoms with Crippen molar-refractivity contribution < 1.29 is 13.5 Å². The first-order chi connectivity index (χ1) is 9.61. The van der Waals surface area contributed by atoms with E-state index in [1.54, 1.807) is 12.3 Å². The van der Waals surface area contributed by atoms with Gasteiger partial charge in [-0.05, 0) is 31.7 Å². The predicted molar refractivity (Wildman–Crippen MR) is 72.8 cm³/mol. The molecule has 1 aromatic heterocycles. The number of pyridine rings is 1. The van der Waals surface area contributed by atoms with Crippen LogP contribution in [0.5, 0.6) is 11.6 Å². The van der Waals surface area contributed by atoms with Crippen molar-refractivity contribution in [1.29, 1.82) is 0 Å². The fourth-order valence-electron chi connectivity index (χ4n) is 1.90. The highest BCUT2D eigenvalue weighted by Gasteiger charge is 2.14. The van der Waals surface area contributed by atoms with E-state index in [9.17, 15) is 8.78 Å². The first-order valence-corrected chi connectivity index (χ1v) is 6.43. The van der Waals surface area contributed by atoms with E-state index in [4.69, 9.17) is 4.74 Å². The highest BCUT2D eigenvalue weighted by Crippen LogP contribution is 2.29. The molecule has 5 heteroatoms. The van der Waals surface area contributed by atoms with Crippen LogP contribution in [-0.2, 0) is 0 Å². The molecule has 0 bridgehead atoms. The first kappa shape index (κ1) is 14.4. The largest absolute Gasteiger partial charge is 0.436 e. The minimum absolute atomic E-state index is 0.0206. The molecule has 0 aliphatic carbocycles. The molecule has 1 aromatic carbocycles. The van der Waals surface area contributed by atoms with Crippen LogP contribution in [0.1, 0.15) is 25.5 Å². The average Bonchev–Trinajstić information content (AvgIpc) is 2.43. The number of ether oxygens (including phenoxy) is 1. The Kier molecular flexibility index (Phi) is 4.63. The number of nitrogens with one attached hydrogen (secondary N) is 1. The molecular formula is C15H16F2N2O. The standard InChI is InChI=1S/C15H16F2N2O/c1-3-18-10(2)12-5-4-8-19-15(12)20-14-7-6-11(16)9-13(14)17/h4-10,18H,3H2,1-2H3. The lowest BCUT2D eigenvalue weighted by molar-refractivity contribution is 0.412. The van der Waals surface area contributed by atoms with Gasteiger partial charge in [-0.15, -0.1) is 0 Å². The Morgan fingerprint density at radius 1 is 1.30 bits per heavy atom. The molecule has 1 N–H and O–H groups in total. The summed E-state index contributed by atoms with van der Waals surface area (Å²) in [6.07, 6.45) is 1.57. The third kappa shape index (κ3) is 3.30. The topological polar surface area (TPSA) is 34.2 Å². The van der Waals surface area contributed by atoms with Gasteiger partial charge in [0.1, 0.15) is 5.82 Å². The highest BCUT2D eigenvalue weighted by molar-refractivity contribution is 5.34. The lowest BCUT2D eigenvalue weighted by atomic mass is 10.1. The fraction of sp³-hybridized carbons (Fsp3) is 0.267. The molecule has 2 aromatic rings. The van der Waals surface area contributed by atoms with Crippen molar-refractivity contribution in [3.63, 3.8) is 0 Å². The predicted octanol–water partition coefficient (Wildman–Crippen LogP) is 3.82. The molecule has 106 valence electrons. The molecule has 1 unspecified atom stereocenters. The Bertz CT molecular complexity index is 590. The second-order valence-corrected chi connectivity index (χ2v) is 4.35. The van der Waals surface area contributed by atoms with Gasteiger partial charge < -0.3 is 10.1 Å². The van der Waals surface area contributed by atoms with Gasteiger partial charge in [0, 0.05) is 23.9 Å². The molecular weight excluding hydrogens is 262 g/mol. The molecule has 0 fully saturated rings. The minimum atomic E-state index is -0.752. The summed E-state index contributed by atoms with van der Waals surface area (Å²) in [7, 11) is 0. The number of hydrogen-bond donors (Lipinski definition) is 1. The SMILES string of the molecule is CCNC(C)c1cccnc1Oc1ccc(F)cc1F. The summed E-state index contributed by atoms with van der Waals surface area (Å²) in [5.74, 6) is -1.13. The number of halogens is 2. The van der Waals surface area contributed by atoms with E-state index >= 15 is 0 Å². The molecule has 0 aliphatic rings. The fourth-order valence-corrected chi connectivity index (χ4v) is 1.90. The summed E-state index contributed by atoms with van der Waals surface area (Å²) >= 11 is 0. The second kappa shape index (κ2) is 6.43. The molecule has 1 atom stereocenters. The van der Waals surface area contributed by atoms with Crippen molar-refractivity contribution in [3.8, 4) is 11.6 Å². The third-order valence-corrected chi connectivity index (χ3v) is 2.88. The van der Waals surface area contributed by atoms with Gasteiger partial charge in [0.2, 0.25) is 5.88 Å². The summed E-state index contributed by atoms with van der Waals surface area (Å²) in [6.45, 7) is 4.75. The van der Waals surface area contributed by atoms with Gasteiger partial charge in [-0.3, -0.25) is 0 Å². The van der Waals surface area contributed by atoms with Crippen LogP contribution in [0.2, 0.25) is 0 Å². The number of aromatic nitrogens is 1. The molecule has 2 rings (SSSR count). The van der Waals surface area contributed by atoms with Gasteiger partial charge in [-0.2, -0.15) is 0 Å². The normalized spacial score (nSPS) is 12.2. The lowest BCUT2D eigenvalue weighted by Crippen LogP contribution is -2.18. The monoisotopic (exact) mass is 278 g/mol. The third-order valence-electron chi connectivity index (χ3n) is 2.88. The molecule has 0 amide bonds. The molecule has 0 radical (unpaired) electrons. The van der Waals surface area contributed by atoms with Gasteiger partial charge in [0.25, 0.3) is 0 Å². The van der Waals surface area contributed by atoms with Gasteiger partial charge in [-0.25, -0.2) is 13.8 Å². The Labute approximate surface area is 116 Å².